The number of anilines is 1. The number of hydrogen-bond donors (Lipinski definition) is 3. The highest BCUT2D eigenvalue weighted by Crippen LogP contribution is 2.31. The number of halogens is 4. The highest BCUT2D eigenvalue weighted by molar-refractivity contribution is 6.45. The van der Waals surface area contributed by atoms with Crippen molar-refractivity contribution in [2.75, 3.05) is 5.73 Å². The fourth-order valence-corrected chi connectivity index (χ4v) is 2.39. The fraction of sp³-hybridized carbons (Fsp3) is 0.0714. The van der Waals surface area contributed by atoms with Crippen LogP contribution in [0.5, 0.6) is 5.75 Å². The van der Waals surface area contributed by atoms with Crippen molar-refractivity contribution in [2.45, 2.75) is 6.92 Å². The van der Waals surface area contributed by atoms with E-state index >= 15 is 0 Å². The van der Waals surface area contributed by atoms with E-state index in [9.17, 15) is 14.3 Å². The lowest BCUT2D eigenvalue weighted by Crippen LogP contribution is -2.29. The van der Waals surface area contributed by atoms with E-state index in [1.165, 1.54) is 13.0 Å². The predicted octanol–water partition coefficient (Wildman–Crippen LogP) is 3.04. The smallest absolute Gasteiger partial charge is 0.337 e. The van der Waals surface area contributed by atoms with Crippen LogP contribution in [0.4, 0.5) is 10.1 Å². The average Bonchev–Trinajstić information content (AvgIpc) is 2.55. The Hall–Kier alpha value is -2.09. The normalized spacial score (nSPS) is 11.5. The topological polar surface area (TPSA) is 102 Å². The average molecular weight is 393 g/mol. The van der Waals surface area contributed by atoms with E-state index in [0.717, 1.165) is 12.1 Å². The zero-order valence-corrected chi connectivity index (χ0v) is 14.4. The van der Waals surface area contributed by atoms with Gasteiger partial charge >= 0.3 is 5.91 Å². The second kappa shape index (κ2) is 7.21. The van der Waals surface area contributed by atoms with Gasteiger partial charge in [-0.25, -0.2) is 9.82 Å². The number of nitrogen functional groups attached to an aromatic ring is 1. The maximum absolute atomic E-state index is 13.2. The first-order valence-corrected chi connectivity index (χ1v) is 7.54. The van der Waals surface area contributed by atoms with Crippen molar-refractivity contribution in [1.82, 2.24) is 5.43 Å². The van der Waals surface area contributed by atoms with E-state index in [-0.39, 0.29) is 43.6 Å². The number of phenolic OH excluding ortho intramolecular Hbond substituents is 1. The summed E-state index contributed by atoms with van der Waals surface area (Å²) in [6.45, 7) is 1.48. The van der Waals surface area contributed by atoms with E-state index in [1.807, 2.05) is 0 Å². The van der Waals surface area contributed by atoms with Gasteiger partial charge in [0, 0.05) is 5.56 Å². The van der Waals surface area contributed by atoms with Gasteiger partial charge in [0.05, 0.1) is 11.4 Å². The lowest BCUT2D eigenvalue weighted by atomic mass is 10.1. The summed E-state index contributed by atoms with van der Waals surface area (Å²) in [5.41, 5.74) is 7.93. The molecule has 24 heavy (non-hydrogen) atoms. The van der Waals surface area contributed by atoms with Gasteiger partial charge in [0.25, 0.3) is 10.8 Å². The van der Waals surface area contributed by atoms with Gasteiger partial charge in [0.2, 0.25) is 0 Å². The minimum absolute atomic E-state index is 0.0115. The number of aromatic hydroxyl groups is 1. The van der Waals surface area contributed by atoms with Crippen LogP contribution in [-0.2, 0) is 0 Å². The minimum atomic E-state index is -0.750. The summed E-state index contributed by atoms with van der Waals surface area (Å²) >= 11 is 17.6. The number of hydrogen-bond acceptors (Lipinski definition) is 4. The highest BCUT2D eigenvalue weighted by atomic mass is 35.5. The molecule has 0 aliphatic carbocycles. The second-order valence-corrected chi connectivity index (χ2v) is 5.79. The molecule has 0 aliphatic rings. The number of carbonyl (C=O) groups is 1. The molecule has 0 radical (unpaired) electrons. The molecule has 1 aromatic heterocycles. The van der Waals surface area contributed by atoms with Crippen molar-refractivity contribution >= 4 is 52.1 Å². The van der Waals surface area contributed by atoms with Gasteiger partial charge in [0.1, 0.15) is 21.6 Å². The molecular formula is C14H11Cl3FN4O2+. The molecule has 10 heteroatoms. The zero-order chi connectivity index (χ0) is 18.0. The Morgan fingerprint density at radius 2 is 2.00 bits per heavy atom. The molecule has 0 unspecified atom stereocenters. The van der Waals surface area contributed by atoms with Crippen LogP contribution in [0, 0.1) is 5.82 Å². The molecular weight excluding hydrogens is 382 g/mol. The van der Waals surface area contributed by atoms with Crippen LogP contribution in [0.15, 0.2) is 23.3 Å². The molecule has 2 rings (SSSR count). The Balaban J connectivity index is 2.29. The van der Waals surface area contributed by atoms with Crippen molar-refractivity contribution in [2.24, 2.45) is 5.10 Å². The monoisotopic (exact) mass is 391 g/mol. The largest absolute Gasteiger partial charge is 0.507 e. The number of pyridine rings is 1. The maximum Gasteiger partial charge on any atom is 0.337 e. The van der Waals surface area contributed by atoms with Crippen molar-refractivity contribution in [3.05, 3.63) is 50.5 Å². The summed E-state index contributed by atoms with van der Waals surface area (Å²) in [7, 11) is 0. The molecule has 0 bridgehead atoms. The third-order valence-electron chi connectivity index (χ3n) is 3.02. The van der Waals surface area contributed by atoms with Gasteiger partial charge in [0.15, 0.2) is 0 Å². The van der Waals surface area contributed by atoms with Crippen LogP contribution in [0.3, 0.4) is 0 Å². The summed E-state index contributed by atoms with van der Waals surface area (Å²) in [6.07, 6.45) is 0. The third-order valence-corrected chi connectivity index (χ3v) is 4.19. The van der Waals surface area contributed by atoms with E-state index in [4.69, 9.17) is 40.5 Å². The SMILES string of the molecule is C/C(=N\NC(=O)c1[nH+]c(Cl)c(Cl)c(N)c1Cl)c1cc(F)ccc1O. The Labute approximate surface area is 151 Å². The molecule has 0 atom stereocenters. The molecule has 2 aromatic rings. The first kappa shape index (κ1) is 18.3. The van der Waals surface area contributed by atoms with Crippen molar-refractivity contribution in [1.29, 1.82) is 0 Å². The van der Waals surface area contributed by atoms with Gasteiger partial charge in [-0.1, -0.05) is 23.2 Å². The molecule has 0 spiro atoms. The molecule has 0 saturated carbocycles. The van der Waals surface area contributed by atoms with Crippen LogP contribution in [0.1, 0.15) is 23.0 Å². The Bertz CT molecular complexity index is 858. The number of carbonyl (C=O) groups excluding carboxylic acids is 1. The second-order valence-electron chi connectivity index (χ2n) is 4.66. The number of nitrogens with zero attached hydrogens (tertiary/aromatic N) is 1. The number of rotatable bonds is 3. The number of hydrazone groups is 1. The molecule has 1 aromatic carbocycles. The fourth-order valence-electron chi connectivity index (χ4n) is 1.77. The number of benzene rings is 1. The van der Waals surface area contributed by atoms with Crippen LogP contribution in [0.25, 0.3) is 0 Å². The van der Waals surface area contributed by atoms with Crippen LogP contribution < -0.4 is 16.1 Å². The van der Waals surface area contributed by atoms with Crippen LogP contribution in [-0.4, -0.2) is 16.7 Å². The minimum Gasteiger partial charge on any atom is -0.507 e. The van der Waals surface area contributed by atoms with E-state index in [1.54, 1.807) is 0 Å². The Kier molecular flexibility index (Phi) is 5.48. The zero-order valence-electron chi connectivity index (χ0n) is 12.1. The number of aromatic nitrogens is 1. The standard InChI is InChI=1S/C14H10Cl3FN4O2/c1-5(7-4-6(18)2-3-8(7)23)21-22-14(24)12-9(15)11(19)10(16)13(17)20-12/h2-4,23H,1H3,(H2,19,20)(H,22,24)/p+1/b21-5+. The lowest BCUT2D eigenvalue weighted by molar-refractivity contribution is -0.379. The third kappa shape index (κ3) is 3.69. The number of phenols is 1. The lowest BCUT2D eigenvalue weighted by Gasteiger charge is -2.05. The first-order valence-electron chi connectivity index (χ1n) is 6.41. The molecule has 0 aliphatic heterocycles. The number of nitrogens with two attached hydrogens (primary N) is 1. The van der Waals surface area contributed by atoms with Gasteiger partial charge in [-0.15, -0.1) is 0 Å². The molecule has 0 fully saturated rings. The summed E-state index contributed by atoms with van der Waals surface area (Å²) in [5.74, 6) is -1.49. The summed E-state index contributed by atoms with van der Waals surface area (Å²) < 4.78 is 13.2. The predicted molar refractivity (Wildman–Crippen MR) is 90.2 cm³/mol. The van der Waals surface area contributed by atoms with Crippen molar-refractivity contribution < 1.29 is 19.3 Å². The molecule has 0 saturated heterocycles. The highest BCUT2D eigenvalue weighted by Gasteiger charge is 2.26. The van der Waals surface area contributed by atoms with Gasteiger partial charge in [-0.3, -0.25) is 4.79 Å². The quantitative estimate of drug-likeness (QED) is 0.425. The number of amides is 1. The van der Waals surface area contributed by atoms with E-state index < -0.39 is 11.7 Å². The molecule has 1 amide bonds. The number of H-pyrrole nitrogens is 1. The van der Waals surface area contributed by atoms with Crippen LogP contribution >= 0.6 is 34.8 Å². The number of nitrogens with one attached hydrogen (secondary N) is 2. The maximum atomic E-state index is 13.2. The first-order chi connectivity index (χ1) is 11.2. The van der Waals surface area contributed by atoms with E-state index in [0.29, 0.717) is 0 Å². The molecule has 6 nitrogen and oxygen atoms in total. The summed E-state index contributed by atoms with van der Waals surface area (Å²) in [5, 5.41) is 13.3. The van der Waals surface area contributed by atoms with Gasteiger partial charge in [-0.2, -0.15) is 10.1 Å². The van der Waals surface area contributed by atoms with Crippen LogP contribution in [0.2, 0.25) is 15.2 Å². The van der Waals surface area contributed by atoms with Gasteiger partial charge < -0.3 is 10.8 Å². The Morgan fingerprint density at radius 1 is 1.33 bits per heavy atom. The summed E-state index contributed by atoms with van der Waals surface area (Å²) in [6, 6.07) is 3.35. The Morgan fingerprint density at radius 3 is 2.67 bits per heavy atom. The van der Waals surface area contributed by atoms with Crippen molar-refractivity contribution in [3.8, 4) is 5.75 Å². The van der Waals surface area contributed by atoms with Gasteiger partial charge in [-0.05, 0) is 36.7 Å². The van der Waals surface area contributed by atoms with Crippen molar-refractivity contribution in [3.63, 3.8) is 0 Å². The molecule has 1 heterocycles. The number of aromatic amines is 1. The van der Waals surface area contributed by atoms with E-state index in [2.05, 4.69) is 15.5 Å². The molecule has 5 N–H and O–H groups in total. The molecule has 126 valence electrons. The summed E-state index contributed by atoms with van der Waals surface area (Å²) in [4.78, 5) is 14.6.